The molecular weight excluding hydrogens is 353 g/mol. The van der Waals surface area contributed by atoms with Crippen LogP contribution in [0.2, 0.25) is 10.0 Å². The Hall–Kier alpha value is -0.410. The molecule has 0 amide bonds. The van der Waals surface area contributed by atoms with Crippen molar-refractivity contribution in [3.05, 3.63) is 33.8 Å². The Labute approximate surface area is 140 Å². The van der Waals surface area contributed by atoms with Gasteiger partial charge in [0.1, 0.15) is 19.0 Å². The molecule has 6 nitrogen and oxygen atoms in total. The van der Waals surface area contributed by atoms with Crippen molar-refractivity contribution >= 4 is 33.5 Å². The number of halogens is 2. The third kappa shape index (κ3) is 5.66. The standard InChI is InChI=1S/C13H19Cl2NO5S/c1-8(2)12(21-22(16,17)18)13(20-7-19-3)11-9(14)5-4-6-10(11)15/h4-6,8,12-13H,7H2,1-3H3,(H2,16,17,18)/t12-,13-/m1/s1. The Kier molecular flexibility index (Phi) is 7.54. The molecule has 0 saturated carbocycles. The lowest BCUT2D eigenvalue weighted by Crippen LogP contribution is -2.35. The Bertz CT molecular complexity index is 574. The molecule has 2 N–H and O–H groups in total. The van der Waals surface area contributed by atoms with E-state index in [2.05, 4.69) is 0 Å². The number of rotatable bonds is 8. The SMILES string of the molecule is COCO[C@H](c1c(Cl)cccc1Cl)[C@H](OS(N)(=O)=O)C(C)C. The van der Waals surface area contributed by atoms with Gasteiger partial charge in [-0.15, -0.1) is 0 Å². The summed E-state index contributed by atoms with van der Waals surface area (Å²) in [6.45, 7) is 3.44. The lowest BCUT2D eigenvalue weighted by molar-refractivity contribution is -0.116. The van der Waals surface area contributed by atoms with Crippen LogP contribution in [-0.4, -0.2) is 28.4 Å². The topological polar surface area (TPSA) is 87.8 Å². The van der Waals surface area contributed by atoms with Crippen molar-refractivity contribution in [1.29, 1.82) is 0 Å². The molecule has 126 valence electrons. The molecule has 0 radical (unpaired) electrons. The highest BCUT2D eigenvalue weighted by Gasteiger charge is 2.34. The fourth-order valence-electron chi connectivity index (χ4n) is 1.93. The second-order valence-electron chi connectivity index (χ2n) is 4.93. The molecule has 22 heavy (non-hydrogen) atoms. The van der Waals surface area contributed by atoms with Gasteiger partial charge in [0.2, 0.25) is 0 Å². The van der Waals surface area contributed by atoms with Gasteiger partial charge in [0.25, 0.3) is 0 Å². The fourth-order valence-corrected chi connectivity index (χ4v) is 3.18. The maximum Gasteiger partial charge on any atom is 0.333 e. The molecule has 0 aliphatic rings. The first-order chi connectivity index (χ1) is 10.2. The quantitative estimate of drug-likeness (QED) is 0.709. The summed E-state index contributed by atoms with van der Waals surface area (Å²) in [5.41, 5.74) is 0.422. The van der Waals surface area contributed by atoms with Gasteiger partial charge in [-0.3, -0.25) is 4.18 Å². The molecule has 9 heteroatoms. The van der Waals surface area contributed by atoms with Crippen LogP contribution in [0.15, 0.2) is 18.2 Å². The molecule has 2 atom stereocenters. The molecular formula is C13H19Cl2NO5S. The van der Waals surface area contributed by atoms with Crippen LogP contribution in [0.3, 0.4) is 0 Å². The van der Waals surface area contributed by atoms with Gasteiger partial charge in [-0.25, -0.2) is 5.14 Å². The molecule has 0 aliphatic carbocycles. The number of ether oxygens (including phenoxy) is 2. The average molecular weight is 372 g/mol. The van der Waals surface area contributed by atoms with Gasteiger partial charge >= 0.3 is 10.3 Å². The Morgan fingerprint density at radius 3 is 2.18 bits per heavy atom. The maximum absolute atomic E-state index is 11.3. The Morgan fingerprint density at radius 2 is 1.77 bits per heavy atom. The Balaban J connectivity index is 3.30. The lowest BCUT2D eigenvalue weighted by Gasteiger charge is -2.30. The summed E-state index contributed by atoms with van der Waals surface area (Å²) in [7, 11) is -2.74. The van der Waals surface area contributed by atoms with Gasteiger partial charge in [-0.1, -0.05) is 43.1 Å². The van der Waals surface area contributed by atoms with Crippen molar-refractivity contribution in [2.24, 2.45) is 11.1 Å². The predicted octanol–water partition coefficient (Wildman–Crippen LogP) is 2.90. The van der Waals surface area contributed by atoms with E-state index >= 15 is 0 Å². The van der Waals surface area contributed by atoms with Gasteiger partial charge in [-0.2, -0.15) is 8.42 Å². The first-order valence-electron chi connectivity index (χ1n) is 6.42. The zero-order chi connectivity index (χ0) is 16.9. The highest BCUT2D eigenvalue weighted by atomic mass is 35.5. The van der Waals surface area contributed by atoms with Gasteiger partial charge in [0.15, 0.2) is 0 Å². The van der Waals surface area contributed by atoms with E-state index < -0.39 is 22.5 Å². The minimum Gasteiger partial charge on any atom is -0.359 e. The number of hydrogen-bond donors (Lipinski definition) is 1. The van der Waals surface area contributed by atoms with Crippen molar-refractivity contribution in [2.75, 3.05) is 13.9 Å². The minimum absolute atomic E-state index is 0.0938. The summed E-state index contributed by atoms with van der Waals surface area (Å²) < 4.78 is 38.1. The van der Waals surface area contributed by atoms with E-state index in [0.717, 1.165) is 0 Å². The maximum atomic E-state index is 11.3. The molecule has 0 unspecified atom stereocenters. The largest absolute Gasteiger partial charge is 0.359 e. The van der Waals surface area contributed by atoms with Crippen LogP contribution in [0, 0.1) is 5.92 Å². The first kappa shape index (κ1) is 19.6. The lowest BCUT2D eigenvalue weighted by atomic mass is 9.96. The van der Waals surface area contributed by atoms with Crippen molar-refractivity contribution in [3.8, 4) is 0 Å². The molecule has 1 aromatic carbocycles. The molecule has 0 fully saturated rings. The summed E-state index contributed by atoms with van der Waals surface area (Å²) in [6, 6.07) is 4.92. The number of methoxy groups -OCH3 is 1. The van der Waals surface area contributed by atoms with E-state index in [1.807, 2.05) is 0 Å². The number of benzene rings is 1. The molecule has 0 aliphatic heterocycles. The zero-order valence-electron chi connectivity index (χ0n) is 12.5. The van der Waals surface area contributed by atoms with Crippen LogP contribution >= 0.6 is 23.2 Å². The summed E-state index contributed by atoms with van der Waals surface area (Å²) >= 11 is 12.4. The summed E-state index contributed by atoms with van der Waals surface area (Å²) in [6.07, 6.45) is -1.78. The van der Waals surface area contributed by atoms with E-state index in [1.165, 1.54) is 7.11 Å². The van der Waals surface area contributed by atoms with Crippen LogP contribution in [0.1, 0.15) is 25.5 Å². The first-order valence-corrected chi connectivity index (χ1v) is 8.65. The molecule has 0 bridgehead atoms. The van der Waals surface area contributed by atoms with Gasteiger partial charge in [0.05, 0.1) is 0 Å². The summed E-state index contributed by atoms with van der Waals surface area (Å²) in [4.78, 5) is 0. The molecule has 0 aromatic heterocycles. The van der Waals surface area contributed by atoms with E-state index in [1.54, 1.807) is 32.0 Å². The minimum atomic E-state index is -4.18. The zero-order valence-corrected chi connectivity index (χ0v) is 14.8. The monoisotopic (exact) mass is 371 g/mol. The highest BCUT2D eigenvalue weighted by molar-refractivity contribution is 7.84. The average Bonchev–Trinajstić information content (AvgIpc) is 2.38. The van der Waals surface area contributed by atoms with Crippen LogP contribution in [0.4, 0.5) is 0 Å². The van der Waals surface area contributed by atoms with E-state index in [4.69, 9.17) is 42.0 Å². The van der Waals surface area contributed by atoms with Crippen molar-refractivity contribution < 1.29 is 22.1 Å². The highest BCUT2D eigenvalue weighted by Crippen LogP contribution is 2.37. The van der Waals surface area contributed by atoms with Crippen LogP contribution in [-0.2, 0) is 24.0 Å². The fraction of sp³-hybridized carbons (Fsp3) is 0.538. The third-order valence-electron chi connectivity index (χ3n) is 2.85. The van der Waals surface area contributed by atoms with Crippen molar-refractivity contribution in [2.45, 2.75) is 26.1 Å². The molecule has 1 rings (SSSR count). The Morgan fingerprint density at radius 1 is 1.23 bits per heavy atom. The predicted molar refractivity (Wildman–Crippen MR) is 85.0 cm³/mol. The summed E-state index contributed by atoms with van der Waals surface area (Å²) in [5.74, 6) is -0.243. The molecule has 0 heterocycles. The van der Waals surface area contributed by atoms with Crippen LogP contribution < -0.4 is 5.14 Å². The smallest absolute Gasteiger partial charge is 0.333 e. The van der Waals surface area contributed by atoms with E-state index in [9.17, 15) is 8.42 Å². The van der Waals surface area contributed by atoms with Gasteiger partial charge < -0.3 is 9.47 Å². The van der Waals surface area contributed by atoms with Crippen molar-refractivity contribution in [1.82, 2.24) is 0 Å². The molecule has 1 aromatic rings. The second-order valence-corrected chi connectivity index (χ2v) is 6.92. The van der Waals surface area contributed by atoms with Crippen LogP contribution in [0.25, 0.3) is 0 Å². The second kappa shape index (κ2) is 8.44. The number of hydrogen-bond acceptors (Lipinski definition) is 5. The van der Waals surface area contributed by atoms with Gasteiger partial charge in [-0.05, 0) is 18.1 Å². The van der Waals surface area contributed by atoms with E-state index in [-0.39, 0.29) is 12.7 Å². The molecule has 0 saturated heterocycles. The summed E-state index contributed by atoms with van der Waals surface area (Å²) in [5, 5.41) is 5.65. The third-order valence-corrected chi connectivity index (χ3v) is 4.00. The van der Waals surface area contributed by atoms with E-state index in [0.29, 0.717) is 15.6 Å². The van der Waals surface area contributed by atoms with Crippen molar-refractivity contribution in [3.63, 3.8) is 0 Å². The van der Waals surface area contributed by atoms with Crippen LogP contribution in [0.5, 0.6) is 0 Å². The van der Waals surface area contributed by atoms with Gasteiger partial charge in [0, 0.05) is 22.7 Å². The molecule has 0 spiro atoms. The number of nitrogens with two attached hydrogens (primary N) is 1. The normalized spacial score (nSPS) is 15.0.